The largest absolute Gasteiger partial charge is 0.508 e. The highest BCUT2D eigenvalue weighted by Crippen LogP contribution is 2.18. The molecular formula is C13H16O2. The van der Waals surface area contributed by atoms with Gasteiger partial charge in [0.15, 0.2) is 0 Å². The summed E-state index contributed by atoms with van der Waals surface area (Å²) < 4.78 is 5.58. The van der Waals surface area contributed by atoms with Crippen LogP contribution in [0.25, 0.3) is 0 Å². The maximum atomic E-state index is 9.11. The number of hydrogen-bond donors (Lipinski definition) is 1. The maximum absolute atomic E-state index is 9.11. The SMILES string of the molecule is C/C=C(\C=C/CC)Oc1ccc(O)cc1. The topological polar surface area (TPSA) is 29.5 Å². The fourth-order valence-electron chi connectivity index (χ4n) is 1.07. The van der Waals surface area contributed by atoms with Crippen LogP contribution in [0.1, 0.15) is 20.3 Å². The van der Waals surface area contributed by atoms with Crippen molar-refractivity contribution in [1.82, 2.24) is 0 Å². The standard InChI is InChI=1S/C13H16O2/c1-3-5-6-12(4-2)15-13-9-7-11(14)8-10-13/h4-10,14H,3H2,1-2H3/b6-5-,12-4+. The molecule has 0 heterocycles. The van der Waals surface area contributed by atoms with Crippen LogP contribution in [0.5, 0.6) is 11.5 Å². The molecule has 0 saturated carbocycles. The monoisotopic (exact) mass is 204 g/mol. The van der Waals surface area contributed by atoms with Gasteiger partial charge in [0.25, 0.3) is 0 Å². The van der Waals surface area contributed by atoms with Gasteiger partial charge in [0, 0.05) is 0 Å². The molecule has 15 heavy (non-hydrogen) atoms. The first-order chi connectivity index (χ1) is 7.26. The molecule has 0 fully saturated rings. The summed E-state index contributed by atoms with van der Waals surface area (Å²) in [6.07, 6.45) is 6.86. The Morgan fingerprint density at radius 2 is 2.00 bits per heavy atom. The van der Waals surface area contributed by atoms with E-state index in [4.69, 9.17) is 9.84 Å². The smallest absolute Gasteiger partial charge is 0.127 e. The lowest BCUT2D eigenvalue weighted by Crippen LogP contribution is -1.91. The van der Waals surface area contributed by atoms with Crippen LogP contribution < -0.4 is 4.74 Å². The zero-order valence-corrected chi connectivity index (χ0v) is 9.10. The van der Waals surface area contributed by atoms with E-state index in [1.54, 1.807) is 24.3 Å². The van der Waals surface area contributed by atoms with Gasteiger partial charge >= 0.3 is 0 Å². The first kappa shape index (κ1) is 11.4. The highest BCUT2D eigenvalue weighted by Gasteiger charge is 1.95. The van der Waals surface area contributed by atoms with Gasteiger partial charge in [-0.1, -0.05) is 13.0 Å². The van der Waals surface area contributed by atoms with Crippen molar-refractivity contribution in [3.05, 3.63) is 48.3 Å². The second-order valence-corrected chi connectivity index (χ2v) is 3.10. The Labute approximate surface area is 90.5 Å². The zero-order valence-electron chi connectivity index (χ0n) is 9.10. The molecule has 1 rings (SSSR count). The van der Waals surface area contributed by atoms with Crippen LogP contribution in [0.3, 0.4) is 0 Å². The number of phenolic OH excluding ortho intramolecular Hbond substituents is 1. The molecule has 1 aromatic rings. The van der Waals surface area contributed by atoms with E-state index >= 15 is 0 Å². The third-order valence-electron chi connectivity index (χ3n) is 1.87. The van der Waals surface area contributed by atoms with Crippen molar-refractivity contribution in [2.24, 2.45) is 0 Å². The summed E-state index contributed by atoms with van der Waals surface area (Å²) in [5, 5.41) is 9.11. The molecule has 80 valence electrons. The zero-order chi connectivity index (χ0) is 11.1. The number of allylic oxidation sites excluding steroid dienone is 3. The number of ether oxygens (including phenoxy) is 1. The number of phenols is 1. The fourth-order valence-corrected chi connectivity index (χ4v) is 1.07. The molecule has 1 N–H and O–H groups in total. The lowest BCUT2D eigenvalue weighted by atomic mass is 10.3. The van der Waals surface area contributed by atoms with E-state index in [0.29, 0.717) is 0 Å². The minimum Gasteiger partial charge on any atom is -0.508 e. The van der Waals surface area contributed by atoms with E-state index in [1.165, 1.54) is 0 Å². The van der Waals surface area contributed by atoms with E-state index in [1.807, 2.05) is 25.2 Å². The summed E-state index contributed by atoms with van der Waals surface area (Å²) in [5.74, 6) is 1.78. The minimum absolute atomic E-state index is 0.244. The van der Waals surface area contributed by atoms with Crippen LogP contribution in [0.15, 0.2) is 48.3 Å². The maximum Gasteiger partial charge on any atom is 0.127 e. The van der Waals surface area contributed by atoms with Crippen LogP contribution in [-0.2, 0) is 0 Å². The molecule has 0 radical (unpaired) electrons. The second kappa shape index (κ2) is 5.91. The Morgan fingerprint density at radius 3 is 2.53 bits per heavy atom. The Kier molecular flexibility index (Phi) is 4.48. The Morgan fingerprint density at radius 1 is 1.33 bits per heavy atom. The van der Waals surface area contributed by atoms with Crippen LogP contribution in [0, 0.1) is 0 Å². The highest BCUT2D eigenvalue weighted by molar-refractivity contribution is 5.32. The molecule has 0 saturated heterocycles. The average Bonchev–Trinajstić information content (AvgIpc) is 2.27. The number of rotatable bonds is 4. The molecular weight excluding hydrogens is 188 g/mol. The van der Waals surface area contributed by atoms with E-state index in [-0.39, 0.29) is 5.75 Å². The van der Waals surface area contributed by atoms with Crippen LogP contribution >= 0.6 is 0 Å². The summed E-state index contributed by atoms with van der Waals surface area (Å²) in [4.78, 5) is 0. The molecule has 0 aromatic heterocycles. The van der Waals surface area contributed by atoms with Crippen molar-refractivity contribution in [2.75, 3.05) is 0 Å². The van der Waals surface area contributed by atoms with Gasteiger partial charge in [-0.2, -0.15) is 0 Å². The van der Waals surface area contributed by atoms with Gasteiger partial charge in [0.1, 0.15) is 17.3 Å². The third-order valence-corrected chi connectivity index (χ3v) is 1.87. The summed E-state index contributed by atoms with van der Waals surface area (Å²) in [6.45, 7) is 4.00. The summed E-state index contributed by atoms with van der Waals surface area (Å²) in [5.41, 5.74) is 0. The van der Waals surface area contributed by atoms with Crippen molar-refractivity contribution in [2.45, 2.75) is 20.3 Å². The molecule has 0 aliphatic carbocycles. The van der Waals surface area contributed by atoms with Gasteiger partial charge in [-0.3, -0.25) is 0 Å². The summed E-state index contributed by atoms with van der Waals surface area (Å²) >= 11 is 0. The van der Waals surface area contributed by atoms with Crippen LogP contribution in [-0.4, -0.2) is 5.11 Å². The van der Waals surface area contributed by atoms with Crippen LogP contribution in [0.2, 0.25) is 0 Å². The predicted molar refractivity (Wildman–Crippen MR) is 61.9 cm³/mol. The van der Waals surface area contributed by atoms with Crippen molar-refractivity contribution >= 4 is 0 Å². The van der Waals surface area contributed by atoms with Crippen molar-refractivity contribution < 1.29 is 9.84 Å². The summed E-state index contributed by atoms with van der Waals surface area (Å²) in [6, 6.07) is 6.68. The van der Waals surface area contributed by atoms with Gasteiger partial charge in [-0.05, 0) is 49.8 Å². The molecule has 0 aliphatic heterocycles. The van der Waals surface area contributed by atoms with Gasteiger partial charge in [-0.25, -0.2) is 0 Å². The molecule has 2 heteroatoms. The van der Waals surface area contributed by atoms with E-state index in [9.17, 15) is 0 Å². The number of aromatic hydroxyl groups is 1. The van der Waals surface area contributed by atoms with Gasteiger partial charge in [-0.15, -0.1) is 0 Å². The summed E-state index contributed by atoms with van der Waals surface area (Å²) in [7, 11) is 0. The Balaban J connectivity index is 2.67. The van der Waals surface area contributed by atoms with Gasteiger partial charge in [0.05, 0.1) is 0 Å². The lowest BCUT2D eigenvalue weighted by Gasteiger charge is -2.05. The molecule has 0 aliphatic rings. The van der Waals surface area contributed by atoms with Crippen molar-refractivity contribution in [3.8, 4) is 11.5 Å². The van der Waals surface area contributed by atoms with Gasteiger partial charge < -0.3 is 9.84 Å². The molecule has 1 aromatic carbocycles. The van der Waals surface area contributed by atoms with Crippen molar-refractivity contribution in [1.29, 1.82) is 0 Å². The quantitative estimate of drug-likeness (QED) is 0.599. The molecule has 0 unspecified atom stereocenters. The van der Waals surface area contributed by atoms with E-state index < -0.39 is 0 Å². The molecule has 0 spiro atoms. The Bertz CT molecular complexity index is 347. The first-order valence-corrected chi connectivity index (χ1v) is 5.06. The van der Waals surface area contributed by atoms with Gasteiger partial charge in [0.2, 0.25) is 0 Å². The highest BCUT2D eigenvalue weighted by atomic mass is 16.5. The normalized spacial score (nSPS) is 12.0. The minimum atomic E-state index is 0.244. The Hall–Kier alpha value is -1.70. The van der Waals surface area contributed by atoms with Crippen molar-refractivity contribution in [3.63, 3.8) is 0 Å². The first-order valence-electron chi connectivity index (χ1n) is 5.06. The number of hydrogen-bond acceptors (Lipinski definition) is 2. The molecule has 0 atom stereocenters. The lowest BCUT2D eigenvalue weighted by molar-refractivity contribution is 0.438. The fraction of sp³-hybridized carbons (Fsp3) is 0.231. The van der Waals surface area contributed by atoms with E-state index in [0.717, 1.165) is 17.9 Å². The molecule has 0 amide bonds. The predicted octanol–water partition coefficient (Wildman–Crippen LogP) is 3.64. The molecule has 0 bridgehead atoms. The second-order valence-electron chi connectivity index (χ2n) is 3.10. The third kappa shape index (κ3) is 3.90. The average molecular weight is 204 g/mol. The van der Waals surface area contributed by atoms with Crippen LogP contribution in [0.4, 0.5) is 0 Å². The number of benzene rings is 1. The van der Waals surface area contributed by atoms with E-state index in [2.05, 4.69) is 6.92 Å². The molecule has 2 nitrogen and oxygen atoms in total.